The van der Waals surface area contributed by atoms with Gasteiger partial charge >= 0.3 is 0 Å². The van der Waals surface area contributed by atoms with Crippen LogP contribution in [0.2, 0.25) is 0 Å². The van der Waals surface area contributed by atoms with Crippen LogP contribution in [0.15, 0.2) is 0 Å². The summed E-state index contributed by atoms with van der Waals surface area (Å²) in [6, 6.07) is -0.0718. The molecule has 0 spiro atoms. The molecule has 5 atom stereocenters. The van der Waals surface area contributed by atoms with Crippen LogP contribution >= 0.6 is 0 Å². The van der Waals surface area contributed by atoms with Gasteiger partial charge in [0.15, 0.2) is 0 Å². The smallest absolute Gasteiger partial charge is 0.241 e. The Bertz CT molecular complexity index is 322. The lowest BCUT2D eigenvalue weighted by molar-refractivity contribution is -0.130. The lowest BCUT2D eigenvalue weighted by Gasteiger charge is -2.25. The summed E-state index contributed by atoms with van der Waals surface area (Å²) in [6.45, 7) is 8.80. The summed E-state index contributed by atoms with van der Waals surface area (Å²) in [4.78, 5) is 14.3. The van der Waals surface area contributed by atoms with Gasteiger partial charge in [0.05, 0.1) is 12.2 Å². The van der Waals surface area contributed by atoms with E-state index in [0.717, 1.165) is 12.8 Å². The Labute approximate surface area is 113 Å². The molecule has 0 aliphatic carbocycles. The quantitative estimate of drug-likeness (QED) is 0.795. The molecule has 1 aliphatic heterocycles. The van der Waals surface area contributed by atoms with E-state index in [1.54, 1.807) is 6.26 Å². The normalized spacial score (nSPS) is 29.4. The topological polar surface area (TPSA) is 49.4 Å². The second-order valence-electron chi connectivity index (χ2n) is 5.25. The highest BCUT2D eigenvalue weighted by Gasteiger charge is 2.40. The molecule has 1 heterocycles. The van der Waals surface area contributed by atoms with Crippen LogP contribution in [0.3, 0.4) is 0 Å². The van der Waals surface area contributed by atoms with Crippen LogP contribution in [0, 0.1) is 5.92 Å². The van der Waals surface area contributed by atoms with Gasteiger partial charge in [-0.25, -0.2) is 0 Å². The van der Waals surface area contributed by atoms with Gasteiger partial charge in [0.2, 0.25) is 5.91 Å². The SMILES string of the molecule is CCC(C)C1NC(CC)N(CC(C)S(C)=O)C1=O. The Hall–Kier alpha value is -0.420. The van der Waals surface area contributed by atoms with Gasteiger partial charge in [0.25, 0.3) is 0 Å². The minimum atomic E-state index is -0.884. The number of amides is 1. The van der Waals surface area contributed by atoms with Crippen molar-refractivity contribution >= 4 is 16.7 Å². The monoisotopic (exact) mass is 274 g/mol. The minimum Gasteiger partial charge on any atom is -0.325 e. The maximum Gasteiger partial charge on any atom is 0.241 e. The van der Waals surface area contributed by atoms with Gasteiger partial charge in [-0.1, -0.05) is 27.2 Å². The first-order valence-corrected chi connectivity index (χ1v) is 8.43. The van der Waals surface area contributed by atoms with Crippen LogP contribution in [-0.2, 0) is 15.6 Å². The van der Waals surface area contributed by atoms with E-state index in [4.69, 9.17) is 0 Å². The molecule has 1 N–H and O–H groups in total. The highest BCUT2D eigenvalue weighted by molar-refractivity contribution is 7.84. The van der Waals surface area contributed by atoms with Crippen molar-refractivity contribution in [2.45, 2.75) is 58.0 Å². The largest absolute Gasteiger partial charge is 0.325 e. The molecule has 0 radical (unpaired) electrons. The van der Waals surface area contributed by atoms with Crippen LogP contribution in [0.25, 0.3) is 0 Å². The maximum atomic E-state index is 12.4. The van der Waals surface area contributed by atoms with Gasteiger partial charge in [-0.2, -0.15) is 0 Å². The molecular formula is C13H26N2O2S. The highest BCUT2D eigenvalue weighted by atomic mass is 32.2. The molecular weight excluding hydrogens is 248 g/mol. The number of carbonyl (C=O) groups is 1. The first-order valence-electron chi connectivity index (χ1n) is 6.81. The molecule has 106 valence electrons. The third kappa shape index (κ3) is 3.32. The lowest BCUT2D eigenvalue weighted by atomic mass is 9.99. The van der Waals surface area contributed by atoms with Crippen molar-refractivity contribution in [3.05, 3.63) is 0 Å². The zero-order valence-corrected chi connectivity index (χ0v) is 12.9. The summed E-state index contributed by atoms with van der Waals surface area (Å²) in [7, 11) is -0.884. The molecule has 0 saturated carbocycles. The summed E-state index contributed by atoms with van der Waals surface area (Å²) in [5.74, 6) is 0.521. The summed E-state index contributed by atoms with van der Waals surface area (Å²) < 4.78 is 11.5. The first-order chi connectivity index (χ1) is 8.42. The van der Waals surface area contributed by atoms with Gasteiger partial charge in [-0.05, 0) is 19.3 Å². The average molecular weight is 274 g/mol. The Morgan fingerprint density at radius 1 is 1.39 bits per heavy atom. The van der Waals surface area contributed by atoms with Crippen LogP contribution in [-0.4, -0.2) is 45.3 Å². The Kier molecular flexibility index (Phi) is 5.79. The molecule has 18 heavy (non-hydrogen) atoms. The van der Waals surface area contributed by atoms with Crippen LogP contribution in [0.5, 0.6) is 0 Å². The molecule has 5 unspecified atom stereocenters. The molecule has 0 aromatic rings. The molecule has 0 aromatic heterocycles. The Morgan fingerprint density at radius 3 is 2.44 bits per heavy atom. The summed E-state index contributed by atoms with van der Waals surface area (Å²) >= 11 is 0. The number of nitrogens with zero attached hydrogens (tertiary/aromatic N) is 1. The fourth-order valence-corrected chi connectivity index (χ4v) is 2.65. The summed E-state index contributed by atoms with van der Waals surface area (Å²) in [6.07, 6.45) is 3.68. The van der Waals surface area contributed by atoms with Gasteiger partial charge in [0.1, 0.15) is 0 Å². The van der Waals surface area contributed by atoms with Crippen LogP contribution in [0.1, 0.15) is 40.5 Å². The van der Waals surface area contributed by atoms with E-state index in [1.807, 2.05) is 11.8 Å². The number of hydrogen-bond donors (Lipinski definition) is 1. The molecule has 4 nitrogen and oxygen atoms in total. The standard InChI is InChI=1S/C13H26N2O2S/c1-6-9(3)12-13(16)15(11(7-2)14-12)8-10(4)18(5)17/h9-12,14H,6-8H2,1-5H3. The van der Waals surface area contributed by atoms with E-state index in [1.165, 1.54) is 0 Å². The van der Waals surface area contributed by atoms with Gasteiger partial charge in [-0.3, -0.25) is 14.3 Å². The molecule has 0 aromatic carbocycles. The first kappa shape index (κ1) is 15.6. The number of carbonyl (C=O) groups excluding carboxylic acids is 1. The summed E-state index contributed by atoms with van der Waals surface area (Å²) in [5, 5.41) is 3.44. The van der Waals surface area contributed by atoms with Crippen molar-refractivity contribution in [1.29, 1.82) is 0 Å². The third-order valence-electron chi connectivity index (χ3n) is 3.92. The van der Waals surface area contributed by atoms with E-state index >= 15 is 0 Å². The van der Waals surface area contributed by atoms with Crippen LogP contribution < -0.4 is 5.32 Å². The van der Waals surface area contributed by atoms with Crippen molar-refractivity contribution in [1.82, 2.24) is 10.2 Å². The van der Waals surface area contributed by atoms with E-state index in [2.05, 4.69) is 26.1 Å². The van der Waals surface area contributed by atoms with Gasteiger partial charge in [0, 0.05) is 28.9 Å². The van der Waals surface area contributed by atoms with E-state index in [-0.39, 0.29) is 23.4 Å². The van der Waals surface area contributed by atoms with E-state index in [0.29, 0.717) is 12.5 Å². The molecule has 1 aliphatic rings. The maximum absolute atomic E-state index is 12.4. The van der Waals surface area contributed by atoms with Gasteiger partial charge in [-0.15, -0.1) is 0 Å². The highest BCUT2D eigenvalue weighted by Crippen LogP contribution is 2.21. The molecule has 1 fully saturated rings. The molecule has 1 saturated heterocycles. The lowest BCUT2D eigenvalue weighted by Crippen LogP contribution is -2.41. The summed E-state index contributed by atoms with van der Waals surface area (Å²) in [5.41, 5.74) is 0. The average Bonchev–Trinajstić information content (AvgIpc) is 2.65. The zero-order chi connectivity index (χ0) is 13.9. The number of rotatable bonds is 6. The van der Waals surface area contributed by atoms with Gasteiger partial charge < -0.3 is 4.90 Å². The fourth-order valence-electron chi connectivity index (χ4n) is 2.28. The zero-order valence-electron chi connectivity index (χ0n) is 12.1. The fraction of sp³-hybridized carbons (Fsp3) is 0.923. The van der Waals surface area contributed by atoms with E-state index in [9.17, 15) is 9.00 Å². The second kappa shape index (κ2) is 6.66. The predicted molar refractivity (Wildman–Crippen MR) is 75.7 cm³/mol. The molecule has 0 bridgehead atoms. The van der Waals surface area contributed by atoms with Crippen molar-refractivity contribution in [2.75, 3.05) is 12.8 Å². The van der Waals surface area contributed by atoms with Crippen molar-refractivity contribution in [3.63, 3.8) is 0 Å². The minimum absolute atomic E-state index is 0.0282. The van der Waals surface area contributed by atoms with Crippen LogP contribution in [0.4, 0.5) is 0 Å². The number of hydrogen-bond acceptors (Lipinski definition) is 3. The predicted octanol–water partition coefficient (Wildman–Crippen LogP) is 1.34. The Morgan fingerprint density at radius 2 is 2.00 bits per heavy atom. The van der Waals surface area contributed by atoms with E-state index < -0.39 is 10.8 Å². The third-order valence-corrected chi connectivity index (χ3v) is 5.20. The Balaban J connectivity index is 2.76. The van der Waals surface area contributed by atoms with Crippen molar-refractivity contribution in [3.8, 4) is 0 Å². The molecule has 1 amide bonds. The second-order valence-corrected chi connectivity index (χ2v) is 7.06. The number of nitrogens with one attached hydrogen (secondary N) is 1. The van der Waals surface area contributed by atoms with Crippen molar-refractivity contribution < 1.29 is 9.00 Å². The molecule has 5 heteroatoms. The molecule has 1 rings (SSSR count). The van der Waals surface area contributed by atoms with Crippen molar-refractivity contribution in [2.24, 2.45) is 5.92 Å².